The molecule has 39 heavy (non-hydrogen) atoms. The Labute approximate surface area is 250 Å². The van der Waals surface area contributed by atoms with Gasteiger partial charge in [0.2, 0.25) is 5.91 Å². The summed E-state index contributed by atoms with van der Waals surface area (Å²) in [6.45, 7) is 8.06. The molecular formula is C31H35BrCl2N2O3. The molecule has 3 rings (SSSR count). The lowest BCUT2D eigenvalue weighted by atomic mass is 10.0. The third-order valence-electron chi connectivity index (χ3n) is 6.60. The minimum Gasteiger partial charge on any atom is -0.483 e. The van der Waals surface area contributed by atoms with E-state index in [9.17, 15) is 9.59 Å². The summed E-state index contributed by atoms with van der Waals surface area (Å²) in [6.07, 6.45) is 1.11. The van der Waals surface area contributed by atoms with Crippen LogP contribution in [0.1, 0.15) is 56.7 Å². The van der Waals surface area contributed by atoms with E-state index in [2.05, 4.69) is 35.1 Å². The Balaban J connectivity index is 1.94. The van der Waals surface area contributed by atoms with Gasteiger partial charge in [-0.25, -0.2) is 0 Å². The average molecular weight is 634 g/mol. The van der Waals surface area contributed by atoms with Crippen molar-refractivity contribution < 1.29 is 14.3 Å². The number of rotatable bonds is 12. The lowest BCUT2D eigenvalue weighted by molar-refractivity contribution is -0.143. The predicted octanol–water partition coefficient (Wildman–Crippen LogP) is 7.81. The van der Waals surface area contributed by atoms with E-state index in [4.69, 9.17) is 27.9 Å². The molecule has 0 spiro atoms. The summed E-state index contributed by atoms with van der Waals surface area (Å²) in [5.41, 5.74) is 2.78. The van der Waals surface area contributed by atoms with Gasteiger partial charge in [0.05, 0.1) is 4.47 Å². The van der Waals surface area contributed by atoms with E-state index in [1.165, 1.54) is 0 Å². The molecule has 2 atom stereocenters. The van der Waals surface area contributed by atoms with Crippen molar-refractivity contribution in [1.82, 2.24) is 10.2 Å². The number of benzene rings is 3. The Bertz CT molecular complexity index is 1270. The van der Waals surface area contributed by atoms with E-state index in [1.807, 2.05) is 62.4 Å². The molecule has 0 bridgehead atoms. The fourth-order valence-electron chi connectivity index (χ4n) is 4.04. The number of hydrogen-bond donors (Lipinski definition) is 1. The highest BCUT2D eigenvalue weighted by atomic mass is 79.9. The Morgan fingerprint density at radius 3 is 2.33 bits per heavy atom. The molecule has 0 aliphatic carbocycles. The topological polar surface area (TPSA) is 58.6 Å². The molecule has 0 radical (unpaired) electrons. The van der Waals surface area contributed by atoms with Gasteiger partial charge in [0.25, 0.3) is 5.91 Å². The second kappa shape index (κ2) is 14.7. The fourth-order valence-corrected chi connectivity index (χ4v) is 5.02. The van der Waals surface area contributed by atoms with Crippen LogP contribution < -0.4 is 10.1 Å². The zero-order chi connectivity index (χ0) is 28.5. The highest BCUT2D eigenvalue weighted by Gasteiger charge is 2.31. The average Bonchev–Trinajstić information content (AvgIpc) is 2.91. The number of hydrogen-bond acceptors (Lipinski definition) is 3. The molecular weight excluding hydrogens is 599 g/mol. The van der Waals surface area contributed by atoms with Crippen LogP contribution in [-0.4, -0.2) is 35.4 Å². The molecule has 0 aliphatic rings. The Morgan fingerprint density at radius 2 is 1.72 bits per heavy atom. The van der Waals surface area contributed by atoms with Crippen LogP contribution in [0.2, 0.25) is 10.0 Å². The lowest BCUT2D eigenvalue weighted by Crippen LogP contribution is -2.53. The molecule has 0 heterocycles. The molecule has 0 saturated heterocycles. The first-order chi connectivity index (χ1) is 18.6. The van der Waals surface area contributed by atoms with Crippen LogP contribution in [0.15, 0.2) is 71.2 Å². The quantitative estimate of drug-likeness (QED) is 0.221. The van der Waals surface area contributed by atoms with E-state index in [-0.39, 0.29) is 31.0 Å². The van der Waals surface area contributed by atoms with Gasteiger partial charge < -0.3 is 15.0 Å². The number of carbonyl (C=O) groups is 2. The van der Waals surface area contributed by atoms with Crippen molar-refractivity contribution in [3.63, 3.8) is 0 Å². The number of carbonyl (C=O) groups excluding carboxylic acids is 2. The Kier molecular flexibility index (Phi) is 11.7. The van der Waals surface area contributed by atoms with Crippen molar-refractivity contribution in [2.24, 2.45) is 0 Å². The van der Waals surface area contributed by atoms with Crippen molar-refractivity contribution in [3.05, 3.63) is 97.9 Å². The van der Waals surface area contributed by atoms with Crippen molar-refractivity contribution in [2.75, 3.05) is 6.61 Å². The number of amides is 2. The molecule has 0 saturated carbocycles. The summed E-state index contributed by atoms with van der Waals surface area (Å²) in [5.74, 6) is 0.357. The predicted molar refractivity (Wildman–Crippen MR) is 163 cm³/mol. The molecule has 0 aliphatic heterocycles. The second-order valence-electron chi connectivity index (χ2n) is 9.91. The molecule has 8 heteroatoms. The van der Waals surface area contributed by atoms with Crippen molar-refractivity contribution >= 4 is 50.9 Å². The van der Waals surface area contributed by atoms with Gasteiger partial charge in [0.15, 0.2) is 6.61 Å². The van der Waals surface area contributed by atoms with E-state index >= 15 is 0 Å². The summed E-state index contributed by atoms with van der Waals surface area (Å²) >= 11 is 16.2. The van der Waals surface area contributed by atoms with Gasteiger partial charge in [0.1, 0.15) is 11.8 Å². The first-order valence-electron chi connectivity index (χ1n) is 13.1. The van der Waals surface area contributed by atoms with Crippen LogP contribution >= 0.6 is 39.1 Å². The molecule has 3 aromatic carbocycles. The van der Waals surface area contributed by atoms with Crippen LogP contribution in [0.5, 0.6) is 5.75 Å². The molecule has 1 N–H and O–H groups in total. The van der Waals surface area contributed by atoms with E-state index in [0.29, 0.717) is 33.7 Å². The summed E-state index contributed by atoms with van der Waals surface area (Å²) in [6, 6.07) is 19.8. The summed E-state index contributed by atoms with van der Waals surface area (Å²) in [5, 5.41) is 3.98. The molecule has 3 aromatic rings. The van der Waals surface area contributed by atoms with Gasteiger partial charge in [-0.2, -0.15) is 0 Å². The van der Waals surface area contributed by atoms with E-state index in [0.717, 1.165) is 22.0 Å². The maximum absolute atomic E-state index is 13.8. The second-order valence-corrected chi connectivity index (χ2v) is 11.6. The molecule has 208 valence electrons. The maximum atomic E-state index is 13.8. The van der Waals surface area contributed by atoms with Gasteiger partial charge in [-0.05, 0) is 76.1 Å². The Morgan fingerprint density at radius 1 is 1.00 bits per heavy atom. The fraction of sp³-hybridized carbons (Fsp3) is 0.355. The SMILES string of the molecule is CC[C@H](C)NC(=O)[C@H](Cc1ccccc1)N(Cc1ccc(Cl)cc1Cl)C(=O)COc1ccc(C(C)C)cc1Br. The van der Waals surface area contributed by atoms with Crippen molar-refractivity contribution in [2.45, 2.75) is 65.1 Å². The molecule has 0 aromatic heterocycles. The number of nitrogens with zero attached hydrogens (tertiary/aromatic N) is 1. The molecule has 0 fully saturated rings. The summed E-state index contributed by atoms with van der Waals surface area (Å²) in [4.78, 5) is 29.0. The third-order valence-corrected chi connectivity index (χ3v) is 7.81. The van der Waals surface area contributed by atoms with E-state index in [1.54, 1.807) is 23.1 Å². The largest absolute Gasteiger partial charge is 0.483 e. The minimum absolute atomic E-state index is 0.0430. The van der Waals surface area contributed by atoms with Crippen molar-refractivity contribution in [1.29, 1.82) is 0 Å². The highest BCUT2D eigenvalue weighted by molar-refractivity contribution is 9.10. The zero-order valence-corrected chi connectivity index (χ0v) is 25.8. The summed E-state index contributed by atoms with van der Waals surface area (Å²) < 4.78 is 6.73. The molecule has 2 amide bonds. The van der Waals surface area contributed by atoms with Crippen LogP contribution in [0.3, 0.4) is 0 Å². The van der Waals surface area contributed by atoms with Gasteiger partial charge in [0, 0.05) is 29.1 Å². The number of ether oxygens (including phenoxy) is 1. The first kappa shape index (κ1) is 31.0. The summed E-state index contributed by atoms with van der Waals surface area (Å²) in [7, 11) is 0. The van der Waals surface area contributed by atoms with Crippen LogP contribution in [-0.2, 0) is 22.6 Å². The standard InChI is InChI=1S/C31H35BrCl2N2O3/c1-5-21(4)35-31(38)28(15-22-9-7-6-8-10-22)36(18-24-11-13-25(33)17-27(24)34)30(37)19-39-29-14-12-23(20(2)3)16-26(29)32/h6-14,16-17,20-21,28H,5,15,18-19H2,1-4H3,(H,35,38)/t21-,28-/m0/s1. The van der Waals surface area contributed by atoms with Crippen LogP contribution in [0, 0.1) is 0 Å². The smallest absolute Gasteiger partial charge is 0.261 e. The first-order valence-corrected chi connectivity index (χ1v) is 14.6. The van der Waals surface area contributed by atoms with Crippen LogP contribution in [0.4, 0.5) is 0 Å². The maximum Gasteiger partial charge on any atom is 0.261 e. The lowest BCUT2D eigenvalue weighted by Gasteiger charge is -2.32. The normalized spacial score (nSPS) is 12.6. The number of halogens is 3. The van der Waals surface area contributed by atoms with Gasteiger partial charge in [-0.1, -0.05) is 86.4 Å². The minimum atomic E-state index is -0.781. The molecule has 5 nitrogen and oxygen atoms in total. The Hall–Kier alpha value is -2.54. The van der Waals surface area contributed by atoms with Gasteiger partial charge in [-0.3, -0.25) is 9.59 Å². The van der Waals surface area contributed by atoms with E-state index < -0.39 is 6.04 Å². The zero-order valence-electron chi connectivity index (χ0n) is 22.7. The number of nitrogens with one attached hydrogen (secondary N) is 1. The van der Waals surface area contributed by atoms with Gasteiger partial charge in [-0.15, -0.1) is 0 Å². The third kappa shape index (κ3) is 8.99. The molecule has 0 unspecified atom stereocenters. The van der Waals surface area contributed by atoms with Gasteiger partial charge >= 0.3 is 0 Å². The van der Waals surface area contributed by atoms with Crippen LogP contribution in [0.25, 0.3) is 0 Å². The highest BCUT2D eigenvalue weighted by Crippen LogP contribution is 2.29. The van der Waals surface area contributed by atoms with Crippen molar-refractivity contribution in [3.8, 4) is 5.75 Å². The monoisotopic (exact) mass is 632 g/mol.